The Kier molecular flexibility index (Phi) is 6.46. The predicted octanol–water partition coefficient (Wildman–Crippen LogP) is 4.95. The standard InChI is InChI=1S/C25H26ClF2N7OS/c1-14-11-33(13-20(36-14)15-10-30-35(12-15)17-4-5-17)24-31-21(18-6-3-16(26)9-19(18)28)22-23(32-24)34(8-7-27)25(29-2)37-22/h3,6,9-10,12,14,17,20H,4-5,7-8,11,13H2,1-2H3/t14-,20+/m1/s1. The molecule has 0 unspecified atom stereocenters. The molecule has 2 fully saturated rings. The van der Waals surface area contributed by atoms with Crippen molar-refractivity contribution in [1.82, 2.24) is 24.3 Å². The first-order valence-corrected chi connectivity index (χ1v) is 13.4. The molecule has 1 aromatic carbocycles. The molecule has 2 atom stereocenters. The maximum Gasteiger partial charge on any atom is 0.228 e. The summed E-state index contributed by atoms with van der Waals surface area (Å²) in [4.78, 5) is 16.7. The van der Waals surface area contributed by atoms with Crippen LogP contribution in [0.15, 0.2) is 35.6 Å². The van der Waals surface area contributed by atoms with Crippen LogP contribution in [0.3, 0.4) is 0 Å². The summed E-state index contributed by atoms with van der Waals surface area (Å²) in [7, 11) is 1.65. The molecular weight excluding hydrogens is 520 g/mol. The van der Waals surface area contributed by atoms with Gasteiger partial charge in [0.15, 0.2) is 10.4 Å². The van der Waals surface area contributed by atoms with Gasteiger partial charge in [-0.3, -0.25) is 14.2 Å². The number of hydrogen-bond donors (Lipinski definition) is 0. The van der Waals surface area contributed by atoms with Crippen molar-refractivity contribution < 1.29 is 13.5 Å². The number of thiazole rings is 1. The van der Waals surface area contributed by atoms with Gasteiger partial charge in [-0.25, -0.2) is 13.8 Å². The van der Waals surface area contributed by atoms with Crippen molar-refractivity contribution in [2.75, 3.05) is 31.7 Å². The van der Waals surface area contributed by atoms with E-state index in [1.807, 2.05) is 22.7 Å². The first kappa shape index (κ1) is 24.4. The van der Waals surface area contributed by atoms with Crippen LogP contribution < -0.4 is 9.70 Å². The molecule has 1 saturated carbocycles. The number of fused-ring (bicyclic) bond motifs is 1. The second kappa shape index (κ2) is 9.77. The lowest BCUT2D eigenvalue weighted by atomic mass is 10.1. The van der Waals surface area contributed by atoms with E-state index in [0.29, 0.717) is 56.5 Å². The highest BCUT2D eigenvalue weighted by atomic mass is 35.5. The van der Waals surface area contributed by atoms with Crippen molar-refractivity contribution in [2.45, 2.75) is 44.6 Å². The second-order valence-electron chi connectivity index (χ2n) is 9.42. The quantitative estimate of drug-likeness (QED) is 0.343. The zero-order valence-electron chi connectivity index (χ0n) is 20.4. The summed E-state index contributed by atoms with van der Waals surface area (Å²) in [6.45, 7) is 2.58. The number of nitrogens with zero attached hydrogens (tertiary/aromatic N) is 7. The van der Waals surface area contributed by atoms with Crippen LogP contribution >= 0.6 is 22.9 Å². The zero-order valence-corrected chi connectivity index (χ0v) is 22.0. The van der Waals surface area contributed by atoms with E-state index < -0.39 is 12.5 Å². The van der Waals surface area contributed by atoms with Gasteiger partial charge in [-0.2, -0.15) is 10.1 Å². The molecule has 0 N–H and O–H groups in total. The van der Waals surface area contributed by atoms with Crippen molar-refractivity contribution in [3.8, 4) is 11.3 Å². The molecule has 12 heteroatoms. The Morgan fingerprint density at radius 1 is 1.24 bits per heavy atom. The normalized spacial score (nSPS) is 20.8. The van der Waals surface area contributed by atoms with Crippen LogP contribution in [0.25, 0.3) is 21.6 Å². The van der Waals surface area contributed by atoms with Crippen LogP contribution in [-0.4, -0.2) is 57.2 Å². The van der Waals surface area contributed by atoms with Gasteiger partial charge in [0.25, 0.3) is 0 Å². The molecule has 0 bridgehead atoms. The van der Waals surface area contributed by atoms with Gasteiger partial charge in [0, 0.05) is 35.9 Å². The molecule has 6 rings (SSSR count). The van der Waals surface area contributed by atoms with Gasteiger partial charge >= 0.3 is 0 Å². The van der Waals surface area contributed by atoms with Gasteiger partial charge in [-0.15, -0.1) is 0 Å². The van der Waals surface area contributed by atoms with Gasteiger partial charge in [0.2, 0.25) is 5.95 Å². The first-order valence-electron chi connectivity index (χ1n) is 12.2. The van der Waals surface area contributed by atoms with Crippen LogP contribution in [0.5, 0.6) is 0 Å². The fourth-order valence-corrected chi connectivity index (χ4v) is 5.98. The molecule has 0 spiro atoms. The minimum atomic E-state index is -0.579. The average Bonchev–Trinajstić information content (AvgIpc) is 3.50. The van der Waals surface area contributed by atoms with Gasteiger partial charge in [-0.05, 0) is 38.0 Å². The summed E-state index contributed by atoms with van der Waals surface area (Å²) < 4.78 is 39.3. The minimum absolute atomic E-state index is 0.0914. The molecule has 0 amide bonds. The number of rotatable bonds is 6. The van der Waals surface area contributed by atoms with Crippen LogP contribution in [0.2, 0.25) is 5.02 Å². The number of hydrogen-bond acceptors (Lipinski definition) is 7. The number of aromatic nitrogens is 5. The minimum Gasteiger partial charge on any atom is -0.367 e. The van der Waals surface area contributed by atoms with Crippen molar-refractivity contribution in [1.29, 1.82) is 0 Å². The molecule has 3 aromatic heterocycles. The summed E-state index contributed by atoms with van der Waals surface area (Å²) >= 11 is 7.34. The lowest BCUT2D eigenvalue weighted by molar-refractivity contribution is -0.0178. The molecule has 1 aliphatic carbocycles. The highest BCUT2D eigenvalue weighted by Gasteiger charge is 2.32. The molecule has 4 aromatic rings. The number of aryl methyl sites for hydroxylation is 1. The summed E-state index contributed by atoms with van der Waals surface area (Å²) in [6, 6.07) is 4.99. The maximum absolute atomic E-state index is 15.1. The summed E-state index contributed by atoms with van der Waals surface area (Å²) in [5.41, 5.74) is 2.26. The molecule has 194 valence electrons. The lowest BCUT2D eigenvalue weighted by Crippen LogP contribution is -2.43. The number of anilines is 1. The van der Waals surface area contributed by atoms with Crippen LogP contribution in [0, 0.1) is 5.82 Å². The van der Waals surface area contributed by atoms with Crippen molar-refractivity contribution in [3.05, 3.63) is 51.8 Å². The SMILES string of the molecule is CN=c1sc2c(-c3ccc(Cl)cc3F)nc(N3C[C@@H](C)O[C@H](c4cnn(C5CC5)c4)C3)nc2n1CCF. The van der Waals surface area contributed by atoms with Gasteiger partial charge in [0.05, 0.1) is 37.1 Å². The van der Waals surface area contributed by atoms with Crippen molar-refractivity contribution >= 4 is 39.2 Å². The Morgan fingerprint density at radius 3 is 2.81 bits per heavy atom. The fourth-order valence-electron chi connectivity index (χ4n) is 4.76. The molecule has 8 nitrogen and oxygen atoms in total. The summed E-state index contributed by atoms with van der Waals surface area (Å²) in [5, 5.41) is 4.82. The van der Waals surface area contributed by atoms with Crippen molar-refractivity contribution in [3.63, 3.8) is 0 Å². The molecular formula is C25H26ClF2N7OS. The Labute approximate surface area is 221 Å². The number of halogens is 3. The van der Waals surface area contributed by atoms with E-state index in [-0.39, 0.29) is 18.8 Å². The first-order chi connectivity index (χ1) is 17.9. The fraction of sp³-hybridized carbons (Fsp3) is 0.440. The van der Waals surface area contributed by atoms with Crippen LogP contribution in [0.1, 0.15) is 37.5 Å². The number of benzene rings is 1. The molecule has 1 saturated heterocycles. The van der Waals surface area contributed by atoms with E-state index in [1.54, 1.807) is 23.7 Å². The number of ether oxygens (including phenoxy) is 1. The molecule has 1 aliphatic heterocycles. The number of alkyl halides is 1. The topological polar surface area (TPSA) is 73.4 Å². The third kappa shape index (κ3) is 4.64. The third-order valence-corrected chi connectivity index (χ3v) is 8.06. The van der Waals surface area contributed by atoms with E-state index >= 15 is 4.39 Å². The Balaban J connectivity index is 1.47. The summed E-state index contributed by atoms with van der Waals surface area (Å²) in [5.74, 6) is -0.0563. The average molecular weight is 546 g/mol. The smallest absolute Gasteiger partial charge is 0.228 e. The van der Waals surface area contributed by atoms with Crippen LogP contribution in [0.4, 0.5) is 14.7 Å². The van der Waals surface area contributed by atoms with Gasteiger partial charge in [-0.1, -0.05) is 22.9 Å². The van der Waals surface area contributed by atoms with E-state index in [9.17, 15) is 4.39 Å². The summed E-state index contributed by atoms with van der Waals surface area (Å²) in [6.07, 6.45) is 5.91. The third-order valence-electron chi connectivity index (χ3n) is 6.66. The number of morpholine rings is 1. The lowest BCUT2D eigenvalue weighted by Gasteiger charge is -2.36. The Hall–Kier alpha value is -2.89. The van der Waals surface area contributed by atoms with Gasteiger partial charge in [0.1, 0.15) is 23.3 Å². The Morgan fingerprint density at radius 2 is 2.08 bits per heavy atom. The highest BCUT2D eigenvalue weighted by Crippen LogP contribution is 2.37. The molecule has 0 radical (unpaired) electrons. The predicted molar refractivity (Wildman–Crippen MR) is 139 cm³/mol. The van der Waals surface area contributed by atoms with E-state index in [2.05, 4.69) is 16.3 Å². The second-order valence-corrected chi connectivity index (χ2v) is 10.8. The van der Waals surface area contributed by atoms with Crippen molar-refractivity contribution in [2.24, 2.45) is 4.99 Å². The molecule has 4 heterocycles. The monoisotopic (exact) mass is 545 g/mol. The largest absolute Gasteiger partial charge is 0.367 e. The van der Waals surface area contributed by atoms with E-state index in [4.69, 9.17) is 26.3 Å². The van der Waals surface area contributed by atoms with E-state index in [0.717, 1.165) is 18.4 Å². The zero-order chi connectivity index (χ0) is 25.7. The molecule has 2 aliphatic rings. The highest BCUT2D eigenvalue weighted by molar-refractivity contribution is 7.16. The molecule has 37 heavy (non-hydrogen) atoms. The van der Waals surface area contributed by atoms with Crippen LogP contribution in [-0.2, 0) is 11.3 Å². The van der Waals surface area contributed by atoms with Gasteiger partial charge < -0.3 is 9.64 Å². The Bertz CT molecular complexity index is 1530. The maximum atomic E-state index is 15.1. The van der Waals surface area contributed by atoms with E-state index in [1.165, 1.54) is 17.4 Å².